The zero-order chi connectivity index (χ0) is 18.2. The molecule has 0 aliphatic rings. The molecule has 2 rings (SSSR count). The van der Waals surface area contributed by atoms with E-state index < -0.39 is 0 Å². The highest BCUT2D eigenvalue weighted by atomic mass is 35.5. The minimum atomic E-state index is -0.237. The molecule has 2 aromatic rings. The van der Waals surface area contributed by atoms with Gasteiger partial charge in [0.05, 0.1) is 4.53 Å². The number of thiazole rings is 1. The largest absolute Gasteiger partial charge is 0.382 e. The maximum Gasteiger partial charge on any atom is 0.269 e. The van der Waals surface area contributed by atoms with E-state index >= 15 is 0 Å². The molecular weight excluding hydrogens is 358 g/mol. The Morgan fingerprint density at radius 1 is 1.36 bits per heavy atom. The molecule has 0 radical (unpaired) electrons. The van der Waals surface area contributed by atoms with Gasteiger partial charge in [-0.3, -0.25) is 9.36 Å². The molecule has 0 unspecified atom stereocenters. The number of nitrogens with zero attached hydrogens (tertiary/aromatic N) is 3. The highest BCUT2D eigenvalue weighted by molar-refractivity contribution is 7.07. The fraction of sp³-hybridized carbons (Fsp3) is 0.278. The van der Waals surface area contributed by atoms with Gasteiger partial charge in [-0.15, -0.1) is 11.3 Å². The SMILES string of the molecule is CCOCCCn1c(=C(C#N)C#N)s/c(=C/c2ccccc2Cl)c1=O. The van der Waals surface area contributed by atoms with Crippen LogP contribution in [0.1, 0.15) is 18.9 Å². The Balaban J connectivity index is 2.60. The molecule has 0 saturated carbocycles. The summed E-state index contributed by atoms with van der Waals surface area (Å²) in [5.41, 5.74) is 0.405. The van der Waals surface area contributed by atoms with Crippen LogP contribution in [0.5, 0.6) is 0 Å². The lowest BCUT2D eigenvalue weighted by Gasteiger charge is -2.02. The van der Waals surface area contributed by atoms with Crippen molar-refractivity contribution in [2.45, 2.75) is 19.9 Å². The Morgan fingerprint density at radius 3 is 2.72 bits per heavy atom. The molecule has 1 heterocycles. The van der Waals surface area contributed by atoms with Crippen LogP contribution in [0.2, 0.25) is 5.02 Å². The normalized spacial score (nSPS) is 11.1. The summed E-state index contributed by atoms with van der Waals surface area (Å²) in [6, 6.07) is 10.9. The lowest BCUT2D eigenvalue weighted by atomic mass is 10.2. The third kappa shape index (κ3) is 4.58. The van der Waals surface area contributed by atoms with Crippen LogP contribution in [0, 0.1) is 22.7 Å². The average Bonchev–Trinajstić information content (AvgIpc) is 2.91. The molecule has 1 aromatic heterocycles. The van der Waals surface area contributed by atoms with Crippen molar-refractivity contribution in [1.29, 1.82) is 10.5 Å². The van der Waals surface area contributed by atoms with Crippen molar-refractivity contribution in [3.8, 4) is 12.1 Å². The molecule has 0 N–H and O–H groups in total. The topological polar surface area (TPSA) is 78.8 Å². The first kappa shape index (κ1) is 19.0. The lowest BCUT2D eigenvalue weighted by molar-refractivity contribution is 0.141. The van der Waals surface area contributed by atoms with Gasteiger partial charge < -0.3 is 4.74 Å². The van der Waals surface area contributed by atoms with Crippen LogP contribution >= 0.6 is 22.9 Å². The first-order chi connectivity index (χ1) is 12.1. The van der Waals surface area contributed by atoms with Crippen molar-refractivity contribution in [2.24, 2.45) is 0 Å². The summed E-state index contributed by atoms with van der Waals surface area (Å²) in [4.78, 5) is 12.7. The molecule has 0 fully saturated rings. The summed E-state index contributed by atoms with van der Waals surface area (Å²) in [5, 5.41) is 18.9. The van der Waals surface area contributed by atoms with Crippen molar-refractivity contribution in [3.63, 3.8) is 0 Å². The van der Waals surface area contributed by atoms with Gasteiger partial charge in [-0.25, -0.2) is 0 Å². The van der Waals surface area contributed by atoms with Gasteiger partial charge in [-0.2, -0.15) is 10.5 Å². The number of ether oxygens (including phenoxy) is 1. The van der Waals surface area contributed by atoms with Crippen LogP contribution in [0.4, 0.5) is 0 Å². The smallest absolute Gasteiger partial charge is 0.269 e. The van der Waals surface area contributed by atoms with E-state index in [1.54, 1.807) is 18.2 Å². The van der Waals surface area contributed by atoms with E-state index in [-0.39, 0.29) is 11.1 Å². The highest BCUT2D eigenvalue weighted by Gasteiger charge is 2.09. The second-order valence-electron chi connectivity index (χ2n) is 5.04. The number of nitriles is 2. The Hall–Kier alpha value is -2.38. The van der Waals surface area contributed by atoms with Gasteiger partial charge in [-0.1, -0.05) is 29.8 Å². The molecule has 25 heavy (non-hydrogen) atoms. The molecule has 0 bridgehead atoms. The molecule has 1 aromatic carbocycles. The monoisotopic (exact) mass is 373 g/mol. The van der Waals surface area contributed by atoms with Gasteiger partial charge in [0.15, 0.2) is 5.57 Å². The van der Waals surface area contributed by atoms with E-state index in [1.165, 1.54) is 4.57 Å². The summed E-state index contributed by atoms with van der Waals surface area (Å²) in [5.74, 6) is 0. The van der Waals surface area contributed by atoms with Crippen LogP contribution in [0.15, 0.2) is 29.1 Å². The third-order valence-corrected chi connectivity index (χ3v) is 4.89. The quantitative estimate of drug-likeness (QED) is 0.725. The number of aromatic nitrogens is 1. The minimum Gasteiger partial charge on any atom is -0.382 e. The van der Waals surface area contributed by atoms with Gasteiger partial charge in [0.25, 0.3) is 5.56 Å². The van der Waals surface area contributed by atoms with Crippen LogP contribution in [-0.4, -0.2) is 17.8 Å². The van der Waals surface area contributed by atoms with Gasteiger partial charge in [0, 0.05) is 24.8 Å². The highest BCUT2D eigenvalue weighted by Crippen LogP contribution is 2.15. The van der Waals surface area contributed by atoms with E-state index in [2.05, 4.69) is 0 Å². The van der Waals surface area contributed by atoms with E-state index in [9.17, 15) is 15.3 Å². The van der Waals surface area contributed by atoms with E-state index in [4.69, 9.17) is 16.3 Å². The van der Waals surface area contributed by atoms with E-state index in [0.717, 1.165) is 11.3 Å². The Bertz CT molecular complexity index is 993. The van der Waals surface area contributed by atoms with Crippen molar-refractivity contribution >= 4 is 34.6 Å². The minimum absolute atomic E-state index is 0.0719. The average molecular weight is 374 g/mol. The standard InChI is InChI=1S/C18H16ClN3O2S/c1-2-24-9-5-8-22-17(23)16(25-18(22)14(11-20)12-21)10-13-6-3-4-7-15(13)19/h3-4,6-7,10H,2,5,8-9H2,1H3/b16-10+. The molecule has 0 aliphatic heterocycles. The number of halogens is 1. The predicted molar refractivity (Wildman–Crippen MR) is 98.6 cm³/mol. The second kappa shape index (κ2) is 9.19. The van der Waals surface area contributed by atoms with E-state index in [0.29, 0.717) is 46.0 Å². The van der Waals surface area contributed by atoms with Gasteiger partial charge >= 0.3 is 0 Å². The van der Waals surface area contributed by atoms with E-state index in [1.807, 2.05) is 31.2 Å². The molecule has 0 spiro atoms. The molecular formula is C18H16ClN3O2S. The molecule has 0 saturated heterocycles. The molecule has 0 aliphatic carbocycles. The lowest BCUT2D eigenvalue weighted by Crippen LogP contribution is -2.32. The molecule has 7 heteroatoms. The van der Waals surface area contributed by atoms with Crippen LogP contribution < -0.4 is 14.8 Å². The maximum atomic E-state index is 12.7. The zero-order valence-corrected chi connectivity index (χ0v) is 15.2. The van der Waals surface area contributed by atoms with Gasteiger partial charge in [0.1, 0.15) is 16.8 Å². The van der Waals surface area contributed by atoms with Crippen LogP contribution in [0.25, 0.3) is 11.6 Å². The Morgan fingerprint density at radius 2 is 2.08 bits per heavy atom. The third-order valence-electron chi connectivity index (χ3n) is 3.41. The summed E-state index contributed by atoms with van der Waals surface area (Å²) in [6.45, 7) is 3.39. The van der Waals surface area contributed by atoms with Crippen molar-refractivity contribution < 1.29 is 4.74 Å². The summed E-state index contributed by atoms with van der Waals surface area (Å²) >= 11 is 7.27. The van der Waals surface area contributed by atoms with Crippen LogP contribution in [-0.2, 0) is 11.3 Å². The summed E-state index contributed by atoms with van der Waals surface area (Å²) in [7, 11) is 0. The summed E-state index contributed by atoms with van der Waals surface area (Å²) in [6.07, 6.45) is 2.30. The number of benzene rings is 1. The van der Waals surface area contributed by atoms with Gasteiger partial charge in [0.2, 0.25) is 0 Å². The molecule has 0 amide bonds. The van der Waals surface area contributed by atoms with Crippen molar-refractivity contribution in [2.75, 3.05) is 13.2 Å². The Labute approximate surface area is 154 Å². The van der Waals surface area contributed by atoms with Gasteiger partial charge in [-0.05, 0) is 31.1 Å². The Kier molecular flexibility index (Phi) is 6.97. The number of hydrogen-bond donors (Lipinski definition) is 0. The summed E-state index contributed by atoms with van der Waals surface area (Å²) < 4.78 is 7.56. The fourth-order valence-electron chi connectivity index (χ4n) is 2.23. The molecule has 0 atom stereocenters. The predicted octanol–water partition coefficient (Wildman–Crippen LogP) is 2.02. The fourth-order valence-corrected chi connectivity index (χ4v) is 3.49. The molecule has 128 valence electrons. The second-order valence-corrected chi connectivity index (χ2v) is 6.48. The number of hydrogen-bond acceptors (Lipinski definition) is 5. The first-order valence-electron chi connectivity index (χ1n) is 7.70. The van der Waals surface area contributed by atoms with Crippen LogP contribution in [0.3, 0.4) is 0 Å². The first-order valence-corrected chi connectivity index (χ1v) is 8.90. The maximum absolute atomic E-state index is 12.7. The number of rotatable bonds is 6. The molecule has 5 nitrogen and oxygen atoms in total. The van der Waals surface area contributed by atoms with Crippen molar-refractivity contribution in [1.82, 2.24) is 4.57 Å². The zero-order valence-electron chi connectivity index (χ0n) is 13.7. The van der Waals surface area contributed by atoms with Crippen molar-refractivity contribution in [3.05, 3.63) is 54.4 Å².